The number of aliphatic hydroxyl groups excluding tert-OH is 2. The molecule has 31 heavy (non-hydrogen) atoms. The zero-order chi connectivity index (χ0) is 23.5. The lowest BCUT2D eigenvalue weighted by molar-refractivity contribution is -0.201. The van der Waals surface area contributed by atoms with Crippen LogP contribution in [0.2, 0.25) is 0 Å². The van der Waals surface area contributed by atoms with Gasteiger partial charge < -0.3 is 30.1 Å². The lowest BCUT2D eigenvalue weighted by Gasteiger charge is -2.45. The molecule has 182 valence electrons. The van der Waals surface area contributed by atoms with Crippen molar-refractivity contribution in [3.8, 4) is 0 Å². The van der Waals surface area contributed by atoms with Crippen LogP contribution in [0.5, 0.6) is 0 Å². The first-order chi connectivity index (χ1) is 14.4. The van der Waals surface area contributed by atoms with Crippen LogP contribution in [0.25, 0.3) is 0 Å². The molecule has 0 spiro atoms. The summed E-state index contributed by atoms with van der Waals surface area (Å²) >= 11 is 7.38. The van der Waals surface area contributed by atoms with Gasteiger partial charge in [0.1, 0.15) is 29.9 Å². The summed E-state index contributed by atoms with van der Waals surface area (Å²) in [5.41, 5.74) is -0.992. The highest BCUT2D eigenvalue weighted by molar-refractivity contribution is 7.99. The summed E-state index contributed by atoms with van der Waals surface area (Å²) < 4.78 is 21.7. The fraction of sp³-hybridized carbons (Fsp3) is 0.944. The Morgan fingerprint density at radius 3 is 2.55 bits per heavy atom. The Morgan fingerprint density at radius 2 is 2.03 bits per heavy atom. The molecule has 2 saturated heterocycles. The molecule has 0 saturated carbocycles. The lowest BCUT2D eigenvalue weighted by atomic mass is 9.92. The number of rotatable bonds is 9. The van der Waals surface area contributed by atoms with E-state index in [1.807, 2.05) is 11.9 Å². The maximum absolute atomic E-state index is 13.0. The van der Waals surface area contributed by atoms with E-state index in [9.17, 15) is 19.6 Å². The van der Waals surface area contributed by atoms with Crippen molar-refractivity contribution in [3.63, 3.8) is 0 Å². The van der Waals surface area contributed by atoms with Gasteiger partial charge in [-0.25, -0.2) is 4.57 Å². The molecular formula is C18H34ClN2O8PS. The van der Waals surface area contributed by atoms with Crippen LogP contribution in [0.1, 0.15) is 33.1 Å². The number of amides is 1. The van der Waals surface area contributed by atoms with Gasteiger partial charge in [-0.2, -0.15) is 0 Å². The number of carbonyl (C=O) groups is 1. The second kappa shape index (κ2) is 11.5. The van der Waals surface area contributed by atoms with Crippen molar-refractivity contribution in [2.75, 3.05) is 19.8 Å². The first kappa shape index (κ1) is 27.3. The van der Waals surface area contributed by atoms with Crippen molar-refractivity contribution in [2.45, 2.75) is 80.4 Å². The molecule has 0 radical (unpaired) electrons. The van der Waals surface area contributed by atoms with Gasteiger partial charge in [0.15, 0.2) is 0 Å². The van der Waals surface area contributed by atoms with Gasteiger partial charge in [-0.15, -0.1) is 23.4 Å². The SMILES string of the molecule is CCCC1CC(C(=O)N[C@@H](C2O[C@H](SC)[C@H](OP(=O)(O)O)[C@@H](O)[C@H]2O)[C@@H](C)Cl)N(C)C1. The van der Waals surface area contributed by atoms with Crippen molar-refractivity contribution in [2.24, 2.45) is 5.92 Å². The third kappa shape index (κ3) is 7.02. The quantitative estimate of drug-likeness (QED) is 0.222. The van der Waals surface area contributed by atoms with Crippen molar-refractivity contribution in [3.05, 3.63) is 0 Å². The molecule has 2 aliphatic rings. The maximum atomic E-state index is 13.0. The van der Waals surface area contributed by atoms with E-state index < -0.39 is 49.1 Å². The van der Waals surface area contributed by atoms with E-state index in [-0.39, 0.29) is 11.9 Å². The number of phosphoric ester groups is 1. The van der Waals surface area contributed by atoms with Gasteiger partial charge >= 0.3 is 7.82 Å². The van der Waals surface area contributed by atoms with Crippen LogP contribution in [0.4, 0.5) is 0 Å². The van der Waals surface area contributed by atoms with E-state index >= 15 is 0 Å². The van der Waals surface area contributed by atoms with Gasteiger partial charge in [-0.3, -0.25) is 14.2 Å². The molecular weight excluding hydrogens is 471 g/mol. The largest absolute Gasteiger partial charge is 0.470 e. The number of thioether (sulfide) groups is 1. The molecule has 0 bridgehead atoms. The number of aliphatic hydroxyl groups is 2. The van der Waals surface area contributed by atoms with Crippen molar-refractivity contribution < 1.29 is 38.6 Å². The first-order valence-electron chi connectivity index (χ1n) is 10.3. The highest BCUT2D eigenvalue weighted by Gasteiger charge is 2.51. The Bertz CT molecular complexity index is 654. The molecule has 2 heterocycles. The van der Waals surface area contributed by atoms with Crippen LogP contribution >= 0.6 is 31.2 Å². The molecule has 9 atom stereocenters. The maximum Gasteiger partial charge on any atom is 0.470 e. The fourth-order valence-corrected chi connectivity index (χ4v) is 5.93. The summed E-state index contributed by atoms with van der Waals surface area (Å²) in [6.45, 7) is 4.57. The highest BCUT2D eigenvalue weighted by Crippen LogP contribution is 2.43. The highest BCUT2D eigenvalue weighted by atomic mass is 35.5. The van der Waals surface area contributed by atoms with Crippen LogP contribution in [0.15, 0.2) is 0 Å². The molecule has 1 amide bonds. The van der Waals surface area contributed by atoms with Gasteiger partial charge in [0.2, 0.25) is 5.91 Å². The predicted molar refractivity (Wildman–Crippen MR) is 118 cm³/mol. The van der Waals surface area contributed by atoms with E-state index in [1.54, 1.807) is 13.2 Å². The molecule has 2 rings (SSSR count). The normalized spacial score (nSPS) is 36.9. The van der Waals surface area contributed by atoms with Gasteiger partial charge in [0, 0.05) is 6.54 Å². The van der Waals surface area contributed by atoms with Crippen LogP contribution in [-0.2, 0) is 18.6 Å². The number of phosphoric acid groups is 1. The Kier molecular flexibility index (Phi) is 10.1. The molecule has 13 heteroatoms. The van der Waals surface area contributed by atoms with Crippen LogP contribution in [0.3, 0.4) is 0 Å². The zero-order valence-electron chi connectivity index (χ0n) is 18.1. The van der Waals surface area contributed by atoms with E-state index in [2.05, 4.69) is 16.8 Å². The third-order valence-corrected chi connectivity index (χ3v) is 7.50. The molecule has 0 aliphatic carbocycles. The lowest BCUT2D eigenvalue weighted by Crippen LogP contribution is -2.65. The standard InChI is InChI=1S/C18H34ClN2O8PS/c1-5-6-10-7-11(21(3)8-10)17(24)20-12(9(2)19)15-13(22)14(23)16(18(28-15)31-4)29-30(25,26)27/h9-16,18,22-23H,5-8H2,1-4H3,(H,20,24)(H2,25,26,27)/t9-,10?,11?,12-,13-,14+,15?,16-,18-/m1/s1. The van der Waals surface area contributed by atoms with E-state index in [0.717, 1.165) is 37.6 Å². The minimum Gasteiger partial charge on any atom is -0.388 e. The topological polar surface area (TPSA) is 149 Å². The molecule has 3 unspecified atom stereocenters. The van der Waals surface area contributed by atoms with Crippen LogP contribution < -0.4 is 5.32 Å². The van der Waals surface area contributed by atoms with Crippen molar-refractivity contribution in [1.29, 1.82) is 0 Å². The van der Waals surface area contributed by atoms with E-state index in [4.69, 9.17) is 26.1 Å². The number of ether oxygens (including phenoxy) is 1. The second-order valence-corrected chi connectivity index (χ2v) is 11.1. The molecule has 2 aliphatic heterocycles. The number of nitrogens with zero attached hydrogens (tertiary/aromatic N) is 1. The van der Waals surface area contributed by atoms with Gasteiger partial charge in [-0.1, -0.05) is 13.3 Å². The van der Waals surface area contributed by atoms with Gasteiger partial charge in [0.25, 0.3) is 0 Å². The monoisotopic (exact) mass is 504 g/mol. The second-order valence-electron chi connectivity index (χ2n) is 8.30. The average molecular weight is 505 g/mol. The third-order valence-electron chi connectivity index (χ3n) is 5.87. The van der Waals surface area contributed by atoms with E-state index in [0.29, 0.717) is 5.92 Å². The number of carbonyl (C=O) groups excluding carboxylic acids is 1. The fourth-order valence-electron chi connectivity index (χ4n) is 4.37. The summed E-state index contributed by atoms with van der Waals surface area (Å²) in [6.07, 6.45) is -1.37. The summed E-state index contributed by atoms with van der Waals surface area (Å²) in [6, 6.07) is -1.18. The van der Waals surface area contributed by atoms with Gasteiger partial charge in [0.05, 0.1) is 17.5 Å². The number of hydrogen-bond acceptors (Lipinski definition) is 8. The number of hydrogen-bond donors (Lipinski definition) is 5. The van der Waals surface area contributed by atoms with Crippen molar-refractivity contribution in [1.82, 2.24) is 10.2 Å². The smallest absolute Gasteiger partial charge is 0.388 e. The predicted octanol–water partition coefficient (Wildman–Crippen LogP) is 0.506. The molecule has 0 aromatic heterocycles. The Hall–Kier alpha value is 0.0600. The zero-order valence-corrected chi connectivity index (χ0v) is 20.6. The number of nitrogens with one attached hydrogen (secondary N) is 1. The number of likely N-dealkylation sites (tertiary alicyclic amines) is 1. The molecule has 5 N–H and O–H groups in total. The van der Waals surface area contributed by atoms with Crippen LogP contribution in [-0.4, -0.2) is 98.0 Å². The van der Waals surface area contributed by atoms with E-state index in [1.165, 1.54) is 0 Å². The molecule has 2 fully saturated rings. The Balaban J connectivity index is 2.15. The van der Waals surface area contributed by atoms with Crippen LogP contribution in [0, 0.1) is 5.92 Å². The summed E-state index contributed by atoms with van der Waals surface area (Å²) in [5, 5.41) is 23.4. The minimum absolute atomic E-state index is 0.238. The van der Waals surface area contributed by atoms with Crippen molar-refractivity contribution >= 4 is 37.1 Å². The summed E-state index contributed by atoms with van der Waals surface area (Å²) in [7, 11) is -3.04. The Morgan fingerprint density at radius 1 is 1.39 bits per heavy atom. The summed E-state index contributed by atoms with van der Waals surface area (Å²) in [4.78, 5) is 33.3. The van der Waals surface area contributed by atoms with Gasteiger partial charge in [-0.05, 0) is 39.0 Å². The average Bonchev–Trinajstić information content (AvgIpc) is 3.03. The number of alkyl halides is 1. The number of halogens is 1. The molecule has 0 aromatic carbocycles. The first-order valence-corrected chi connectivity index (χ1v) is 13.6. The minimum atomic E-state index is -4.93. The molecule has 0 aromatic rings. The number of likely N-dealkylation sites (N-methyl/N-ethyl adjacent to an activating group) is 1. The molecule has 10 nitrogen and oxygen atoms in total. The summed E-state index contributed by atoms with van der Waals surface area (Å²) in [5.74, 6) is 0.195. The Labute approximate surface area is 192 Å².